The van der Waals surface area contributed by atoms with Crippen molar-refractivity contribution in [2.75, 3.05) is 26.2 Å². The van der Waals surface area contributed by atoms with Crippen molar-refractivity contribution in [3.05, 3.63) is 64.6 Å². The fourth-order valence-electron chi connectivity index (χ4n) is 3.67. The molecule has 1 saturated heterocycles. The molecule has 0 radical (unpaired) electrons. The van der Waals surface area contributed by atoms with Crippen LogP contribution >= 0.6 is 0 Å². The Balaban J connectivity index is 1.49. The van der Waals surface area contributed by atoms with E-state index in [1.807, 2.05) is 43.3 Å². The van der Waals surface area contributed by atoms with Gasteiger partial charge >= 0.3 is 5.69 Å². The highest BCUT2D eigenvalue weighted by atomic mass is 32.2. The summed E-state index contributed by atoms with van der Waals surface area (Å²) >= 11 is 0. The lowest BCUT2D eigenvalue weighted by molar-refractivity contribution is 0.152. The van der Waals surface area contributed by atoms with Crippen molar-refractivity contribution in [3.8, 4) is 0 Å². The molecule has 0 atom stereocenters. The summed E-state index contributed by atoms with van der Waals surface area (Å²) in [5.74, 6) is 0. The predicted molar refractivity (Wildman–Crippen MR) is 109 cm³/mol. The number of aryl methyl sites for hydroxylation is 2. The highest BCUT2D eigenvalue weighted by Crippen LogP contribution is 2.19. The summed E-state index contributed by atoms with van der Waals surface area (Å²) in [6.07, 6.45) is 0. The van der Waals surface area contributed by atoms with Gasteiger partial charge in [-0.3, -0.25) is 14.0 Å². The number of para-hydroxylation sites is 2. The van der Waals surface area contributed by atoms with Crippen LogP contribution in [0.15, 0.2) is 58.2 Å². The van der Waals surface area contributed by atoms with Crippen LogP contribution < -0.4 is 5.69 Å². The van der Waals surface area contributed by atoms with E-state index >= 15 is 0 Å². The SMILES string of the molecule is Cc1ccc(S(=O)(=O)N2CCN(Cn3c(=O)n(C)c4ccccc43)CC2)cc1. The van der Waals surface area contributed by atoms with Gasteiger partial charge in [-0.25, -0.2) is 13.2 Å². The topological polar surface area (TPSA) is 67.6 Å². The van der Waals surface area contributed by atoms with Crippen LogP contribution in [0.25, 0.3) is 11.0 Å². The van der Waals surface area contributed by atoms with Gasteiger partial charge in [0.15, 0.2) is 0 Å². The van der Waals surface area contributed by atoms with Crippen molar-refractivity contribution in [1.82, 2.24) is 18.3 Å². The quantitative estimate of drug-likeness (QED) is 0.667. The van der Waals surface area contributed by atoms with Gasteiger partial charge in [-0.15, -0.1) is 0 Å². The van der Waals surface area contributed by atoms with Crippen LogP contribution in [0.4, 0.5) is 0 Å². The Morgan fingerprint density at radius 1 is 0.893 bits per heavy atom. The number of hydrogen-bond donors (Lipinski definition) is 0. The molecule has 3 aromatic rings. The van der Waals surface area contributed by atoms with Crippen LogP contribution in [0, 0.1) is 6.92 Å². The maximum absolute atomic E-state index is 12.8. The Kier molecular flexibility index (Phi) is 4.86. The molecule has 1 fully saturated rings. The number of nitrogens with zero attached hydrogens (tertiary/aromatic N) is 4. The molecule has 0 amide bonds. The summed E-state index contributed by atoms with van der Waals surface area (Å²) in [7, 11) is -1.71. The number of aromatic nitrogens is 2. The maximum Gasteiger partial charge on any atom is 0.329 e. The minimum Gasteiger partial charge on any atom is -0.295 e. The van der Waals surface area contributed by atoms with Crippen LogP contribution in [0.2, 0.25) is 0 Å². The van der Waals surface area contributed by atoms with Crippen molar-refractivity contribution in [3.63, 3.8) is 0 Å². The Morgan fingerprint density at radius 3 is 2.14 bits per heavy atom. The Bertz CT molecular complexity index is 1150. The van der Waals surface area contributed by atoms with Gasteiger partial charge in [0, 0.05) is 33.2 Å². The van der Waals surface area contributed by atoms with Crippen LogP contribution in [0.3, 0.4) is 0 Å². The van der Waals surface area contributed by atoms with Gasteiger partial charge in [-0.2, -0.15) is 4.31 Å². The van der Waals surface area contributed by atoms with E-state index in [1.165, 1.54) is 4.31 Å². The number of fused-ring (bicyclic) bond motifs is 1. The normalized spacial score (nSPS) is 16.6. The van der Waals surface area contributed by atoms with Crippen LogP contribution in [-0.4, -0.2) is 52.9 Å². The van der Waals surface area contributed by atoms with Crippen molar-refractivity contribution in [2.45, 2.75) is 18.5 Å². The number of imidazole rings is 1. The summed E-state index contributed by atoms with van der Waals surface area (Å²) in [5, 5.41) is 0. The summed E-state index contributed by atoms with van der Waals surface area (Å²) in [5.41, 5.74) is 2.76. The standard InChI is InChI=1S/C20H24N4O3S/c1-16-7-9-17(10-8-16)28(26,27)23-13-11-22(12-14-23)15-24-19-6-4-3-5-18(19)21(2)20(24)25/h3-10H,11-15H2,1-2H3. The molecule has 0 saturated carbocycles. The third-order valence-electron chi connectivity index (χ3n) is 5.38. The first kappa shape index (κ1) is 18.9. The number of piperazine rings is 1. The van der Waals surface area contributed by atoms with E-state index in [1.54, 1.807) is 28.3 Å². The van der Waals surface area contributed by atoms with E-state index in [0.717, 1.165) is 16.6 Å². The molecule has 0 bridgehead atoms. The second-order valence-corrected chi connectivity index (χ2v) is 9.17. The average Bonchev–Trinajstić information content (AvgIpc) is 2.94. The van der Waals surface area contributed by atoms with Gasteiger partial charge in [0.2, 0.25) is 10.0 Å². The third kappa shape index (κ3) is 3.28. The summed E-state index contributed by atoms with van der Waals surface area (Å²) < 4.78 is 30.6. The average molecular weight is 401 g/mol. The molecular formula is C20H24N4O3S. The fraction of sp³-hybridized carbons (Fsp3) is 0.350. The highest BCUT2D eigenvalue weighted by Gasteiger charge is 2.28. The molecule has 7 nitrogen and oxygen atoms in total. The molecule has 1 aliphatic heterocycles. The molecule has 2 heterocycles. The zero-order valence-corrected chi connectivity index (χ0v) is 16.9. The van der Waals surface area contributed by atoms with E-state index < -0.39 is 10.0 Å². The van der Waals surface area contributed by atoms with E-state index in [2.05, 4.69) is 4.90 Å². The Morgan fingerprint density at radius 2 is 1.50 bits per heavy atom. The van der Waals surface area contributed by atoms with Gasteiger partial charge in [-0.05, 0) is 31.2 Å². The van der Waals surface area contributed by atoms with Gasteiger partial charge < -0.3 is 0 Å². The number of rotatable bonds is 4. The molecule has 0 unspecified atom stereocenters. The van der Waals surface area contributed by atoms with Crippen molar-refractivity contribution in [2.24, 2.45) is 7.05 Å². The minimum atomic E-state index is -3.48. The Hall–Kier alpha value is -2.42. The van der Waals surface area contributed by atoms with Gasteiger partial charge in [-0.1, -0.05) is 29.8 Å². The van der Waals surface area contributed by atoms with Gasteiger partial charge in [0.1, 0.15) is 0 Å². The van der Waals surface area contributed by atoms with E-state index in [0.29, 0.717) is 37.7 Å². The molecule has 1 aliphatic rings. The summed E-state index contributed by atoms with van der Waals surface area (Å²) in [4.78, 5) is 15.0. The minimum absolute atomic E-state index is 0.0593. The zero-order chi connectivity index (χ0) is 19.9. The largest absolute Gasteiger partial charge is 0.329 e. The molecule has 0 aliphatic carbocycles. The van der Waals surface area contributed by atoms with Crippen LogP contribution in [0.5, 0.6) is 0 Å². The molecule has 2 aromatic carbocycles. The first-order valence-electron chi connectivity index (χ1n) is 9.31. The second kappa shape index (κ2) is 7.20. The molecule has 4 rings (SSSR count). The lowest BCUT2D eigenvalue weighted by atomic mass is 10.2. The molecule has 8 heteroatoms. The smallest absolute Gasteiger partial charge is 0.295 e. The third-order valence-corrected chi connectivity index (χ3v) is 7.30. The molecular weight excluding hydrogens is 376 g/mol. The van der Waals surface area contributed by atoms with Crippen molar-refractivity contribution in [1.29, 1.82) is 0 Å². The first-order chi connectivity index (χ1) is 13.4. The molecule has 148 valence electrons. The van der Waals surface area contributed by atoms with Crippen molar-refractivity contribution >= 4 is 21.1 Å². The Labute approximate surface area is 164 Å². The number of hydrogen-bond acceptors (Lipinski definition) is 4. The fourth-order valence-corrected chi connectivity index (χ4v) is 5.09. The zero-order valence-electron chi connectivity index (χ0n) is 16.1. The second-order valence-electron chi connectivity index (χ2n) is 7.23. The first-order valence-corrected chi connectivity index (χ1v) is 10.8. The van der Waals surface area contributed by atoms with E-state index in [9.17, 15) is 13.2 Å². The number of benzene rings is 2. The molecule has 0 N–H and O–H groups in total. The van der Waals surface area contributed by atoms with Crippen LogP contribution in [-0.2, 0) is 23.7 Å². The maximum atomic E-state index is 12.8. The molecule has 28 heavy (non-hydrogen) atoms. The molecule has 1 aromatic heterocycles. The summed E-state index contributed by atoms with van der Waals surface area (Å²) in [6.45, 7) is 4.38. The molecule has 0 spiro atoms. The summed E-state index contributed by atoms with van der Waals surface area (Å²) in [6, 6.07) is 14.7. The van der Waals surface area contributed by atoms with Crippen molar-refractivity contribution < 1.29 is 8.42 Å². The van der Waals surface area contributed by atoms with Crippen LogP contribution in [0.1, 0.15) is 5.56 Å². The monoisotopic (exact) mass is 400 g/mol. The lowest BCUT2D eigenvalue weighted by Gasteiger charge is -2.34. The van der Waals surface area contributed by atoms with E-state index in [-0.39, 0.29) is 5.69 Å². The van der Waals surface area contributed by atoms with E-state index in [4.69, 9.17) is 0 Å². The lowest BCUT2D eigenvalue weighted by Crippen LogP contribution is -2.49. The number of sulfonamides is 1. The van der Waals surface area contributed by atoms with Gasteiger partial charge in [0.05, 0.1) is 22.6 Å². The highest BCUT2D eigenvalue weighted by molar-refractivity contribution is 7.89. The van der Waals surface area contributed by atoms with Gasteiger partial charge in [0.25, 0.3) is 0 Å². The predicted octanol–water partition coefficient (Wildman–Crippen LogP) is 1.61.